The first-order valence-electron chi connectivity index (χ1n) is 6.37. The van der Waals surface area contributed by atoms with E-state index < -0.39 is 4.92 Å². The van der Waals surface area contributed by atoms with Gasteiger partial charge in [0.2, 0.25) is 0 Å². The molecule has 0 fully saturated rings. The SMILES string of the molecule is CCC(Nc1cnc(C#N)cn1)c1cccc([N+](=O)[O-])c1. The fourth-order valence-corrected chi connectivity index (χ4v) is 1.92. The van der Waals surface area contributed by atoms with Gasteiger partial charge in [0.05, 0.1) is 23.4 Å². The molecule has 0 saturated carbocycles. The van der Waals surface area contributed by atoms with E-state index in [1.54, 1.807) is 6.07 Å². The lowest BCUT2D eigenvalue weighted by molar-refractivity contribution is -0.384. The molecule has 0 aliphatic heterocycles. The molecule has 0 aliphatic rings. The highest BCUT2D eigenvalue weighted by Gasteiger charge is 2.14. The Labute approximate surface area is 121 Å². The van der Waals surface area contributed by atoms with E-state index in [2.05, 4.69) is 15.3 Å². The van der Waals surface area contributed by atoms with Gasteiger partial charge in [-0.05, 0) is 12.0 Å². The van der Waals surface area contributed by atoms with Gasteiger partial charge in [-0.3, -0.25) is 10.1 Å². The summed E-state index contributed by atoms with van der Waals surface area (Å²) in [6, 6.07) is 8.25. The van der Waals surface area contributed by atoms with Crippen molar-refractivity contribution in [3.8, 4) is 6.07 Å². The molecule has 1 N–H and O–H groups in total. The molecule has 0 saturated heterocycles. The summed E-state index contributed by atoms with van der Waals surface area (Å²) < 4.78 is 0. The lowest BCUT2D eigenvalue weighted by Crippen LogP contribution is -2.11. The Bertz CT molecular complexity index is 679. The molecule has 7 nitrogen and oxygen atoms in total. The molecule has 0 amide bonds. The van der Waals surface area contributed by atoms with Crippen LogP contribution in [-0.2, 0) is 0 Å². The van der Waals surface area contributed by atoms with Crippen molar-refractivity contribution < 1.29 is 4.92 Å². The first-order chi connectivity index (χ1) is 10.1. The second kappa shape index (κ2) is 6.43. The third-order valence-corrected chi connectivity index (χ3v) is 2.98. The largest absolute Gasteiger partial charge is 0.362 e. The first-order valence-corrected chi connectivity index (χ1v) is 6.37. The van der Waals surface area contributed by atoms with Crippen molar-refractivity contribution in [2.24, 2.45) is 0 Å². The number of nitro benzene ring substituents is 1. The normalized spacial score (nSPS) is 11.4. The van der Waals surface area contributed by atoms with Crippen LogP contribution in [0.1, 0.15) is 30.6 Å². The number of benzene rings is 1. The molecule has 1 unspecified atom stereocenters. The number of nitrogens with one attached hydrogen (secondary N) is 1. The molecular weight excluding hydrogens is 270 g/mol. The number of nitro groups is 1. The van der Waals surface area contributed by atoms with Crippen molar-refractivity contribution in [3.63, 3.8) is 0 Å². The molecule has 2 aromatic rings. The van der Waals surface area contributed by atoms with Gasteiger partial charge in [0.15, 0.2) is 5.69 Å². The topological polar surface area (TPSA) is 105 Å². The highest BCUT2D eigenvalue weighted by atomic mass is 16.6. The number of anilines is 1. The van der Waals surface area contributed by atoms with E-state index in [-0.39, 0.29) is 17.4 Å². The van der Waals surface area contributed by atoms with E-state index >= 15 is 0 Å². The van der Waals surface area contributed by atoms with Crippen molar-refractivity contribution in [1.29, 1.82) is 5.26 Å². The molecule has 1 aromatic carbocycles. The van der Waals surface area contributed by atoms with Crippen LogP contribution in [-0.4, -0.2) is 14.9 Å². The average molecular weight is 283 g/mol. The van der Waals surface area contributed by atoms with Gasteiger partial charge in [0, 0.05) is 12.1 Å². The van der Waals surface area contributed by atoms with Crippen LogP contribution in [0.4, 0.5) is 11.5 Å². The Morgan fingerprint density at radius 1 is 1.43 bits per heavy atom. The molecule has 0 spiro atoms. The Morgan fingerprint density at radius 2 is 2.24 bits per heavy atom. The van der Waals surface area contributed by atoms with Gasteiger partial charge in [0.1, 0.15) is 11.9 Å². The van der Waals surface area contributed by atoms with E-state index in [0.29, 0.717) is 5.82 Å². The van der Waals surface area contributed by atoms with Crippen molar-refractivity contribution >= 4 is 11.5 Å². The first kappa shape index (κ1) is 14.4. The van der Waals surface area contributed by atoms with Crippen molar-refractivity contribution in [3.05, 3.63) is 58.0 Å². The Morgan fingerprint density at radius 3 is 2.81 bits per heavy atom. The van der Waals surface area contributed by atoms with Crippen LogP contribution in [0.15, 0.2) is 36.7 Å². The number of hydrogen-bond acceptors (Lipinski definition) is 6. The Kier molecular flexibility index (Phi) is 4.41. The highest BCUT2D eigenvalue weighted by Crippen LogP contribution is 2.24. The van der Waals surface area contributed by atoms with Crippen molar-refractivity contribution in [2.75, 3.05) is 5.32 Å². The third kappa shape index (κ3) is 3.51. The molecular formula is C14H13N5O2. The standard InChI is InChI=1S/C14H13N5O2/c1-2-13(10-4-3-5-12(6-10)19(20)21)18-14-9-16-11(7-15)8-17-14/h3-6,8-9,13H,2H2,1H3,(H,17,18). The van der Waals surface area contributed by atoms with Crippen LogP contribution in [0.25, 0.3) is 0 Å². The number of hydrogen-bond donors (Lipinski definition) is 1. The molecule has 0 radical (unpaired) electrons. The van der Waals surface area contributed by atoms with E-state index in [0.717, 1.165) is 12.0 Å². The van der Waals surface area contributed by atoms with Gasteiger partial charge >= 0.3 is 0 Å². The van der Waals surface area contributed by atoms with Crippen molar-refractivity contribution in [2.45, 2.75) is 19.4 Å². The maximum atomic E-state index is 10.8. The van der Waals surface area contributed by atoms with Crippen molar-refractivity contribution in [1.82, 2.24) is 9.97 Å². The predicted octanol–water partition coefficient (Wildman–Crippen LogP) is 2.82. The summed E-state index contributed by atoms with van der Waals surface area (Å²) in [5, 5.41) is 22.7. The summed E-state index contributed by atoms with van der Waals surface area (Å²) in [5.41, 5.74) is 1.10. The maximum absolute atomic E-state index is 10.8. The van der Waals surface area contributed by atoms with Gasteiger partial charge in [-0.15, -0.1) is 0 Å². The quantitative estimate of drug-likeness (QED) is 0.668. The molecule has 2 rings (SSSR count). The van der Waals surface area contributed by atoms with Crippen LogP contribution in [0.3, 0.4) is 0 Å². The lowest BCUT2D eigenvalue weighted by atomic mass is 10.0. The zero-order valence-corrected chi connectivity index (χ0v) is 11.4. The Hall–Kier alpha value is -3.01. The fraction of sp³-hybridized carbons (Fsp3) is 0.214. The Balaban J connectivity index is 2.21. The summed E-state index contributed by atoms with van der Waals surface area (Å²) >= 11 is 0. The van der Waals surface area contributed by atoms with Crippen LogP contribution in [0.5, 0.6) is 0 Å². The highest BCUT2D eigenvalue weighted by molar-refractivity contribution is 5.41. The summed E-state index contributed by atoms with van der Waals surface area (Å²) in [7, 11) is 0. The minimum Gasteiger partial charge on any atom is -0.362 e. The monoisotopic (exact) mass is 283 g/mol. The second-order valence-electron chi connectivity index (χ2n) is 4.36. The zero-order chi connectivity index (χ0) is 15.2. The number of nitriles is 1. The fourth-order valence-electron chi connectivity index (χ4n) is 1.92. The van der Waals surface area contributed by atoms with Gasteiger partial charge in [-0.2, -0.15) is 5.26 Å². The van der Waals surface area contributed by atoms with Gasteiger partial charge in [-0.25, -0.2) is 9.97 Å². The van der Waals surface area contributed by atoms with Crippen LogP contribution in [0, 0.1) is 21.4 Å². The number of aromatic nitrogens is 2. The minimum atomic E-state index is -0.419. The van der Waals surface area contributed by atoms with E-state index in [1.165, 1.54) is 24.5 Å². The zero-order valence-electron chi connectivity index (χ0n) is 11.4. The molecule has 106 valence electrons. The van der Waals surface area contributed by atoms with E-state index in [1.807, 2.05) is 19.1 Å². The average Bonchev–Trinajstić information content (AvgIpc) is 2.53. The lowest BCUT2D eigenvalue weighted by Gasteiger charge is -2.17. The van der Waals surface area contributed by atoms with Gasteiger partial charge < -0.3 is 5.32 Å². The minimum absolute atomic E-state index is 0.0543. The predicted molar refractivity (Wildman–Crippen MR) is 76.5 cm³/mol. The van der Waals surface area contributed by atoms with Crippen LogP contribution >= 0.6 is 0 Å². The number of non-ortho nitro benzene ring substituents is 1. The second-order valence-corrected chi connectivity index (χ2v) is 4.36. The number of nitrogens with zero attached hydrogens (tertiary/aromatic N) is 4. The molecule has 1 atom stereocenters. The smallest absolute Gasteiger partial charge is 0.269 e. The van der Waals surface area contributed by atoms with E-state index in [4.69, 9.17) is 5.26 Å². The molecule has 7 heteroatoms. The van der Waals surface area contributed by atoms with Gasteiger partial charge in [0.25, 0.3) is 5.69 Å². The summed E-state index contributed by atoms with van der Waals surface area (Å²) in [6.45, 7) is 1.97. The molecule has 1 aromatic heterocycles. The summed E-state index contributed by atoms with van der Waals surface area (Å²) in [6.07, 6.45) is 3.57. The molecule has 21 heavy (non-hydrogen) atoms. The summed E-state index contributed by atoms with van der Waals surface area (Å²) in [5.74, 6) is 0.521. The maximum Gasteiger partial charge on any atom is 0.269 e. The number of rotatable bonds is 5. The molecule has 0 bridgehead atoms. The van der Waals surface area contributed by atoms with Gasteiger partial charge in [-0.1, -0.05) is 19.1 Å². The van der Waals surface area contributed by atoms with E-state index in [9.17, 15) is 10.1 Å². The third-order valence-electron chi connectivity index (χ3n) is 2.98. The summed E-state index contributed by atoms with van der Waals surface area (Å²) in [4.78, 5) is 18.4. The van der Waals surface area contributed by atoms with Crippen LogP contribution < -0.4 is 5.32 Å². The molecule has 0 aliphatic carbocycles. The van der Waals surface area contributed by atoms with Crippen LogP contribution in [0.2, 0.25) is 0 Å². The molecule has 1 heterocycles.